The first-order chi connectivity index (χ1) is 17.8. The van der Waals surface area contributed by atoms with E-state index in [9.17, 15) is 9.59 Å². The van der Waals surface area contributed by atoms with E-state index in [0.717, 1.165) is 35.6 Å². The zero-order chi connectivity index (χ0) is 26.1. The normalized spacial score (nSPS) is 17.3. The molecule has 0 N–H and O–H groups in total. The summed E-state index contributed by atoms with van der Waals surface area (Å²) in [5, 5.41) is 0. The summed E-state index contributed by atoms with van der Waals surface area (Å²) in [7, 11) is 0. The van der Waals surface area contributed by atoms with Crippen LogP contribution in [0.3, 0.4) is 0 Å². The number of fused-ring (bicyclic) bond motifs is 2. The summed E-state index contributed by atoms with van der Waals surface area (Å²) in [5.74, 6) is 2.91. The molecule has 37 heavy (non-hydrogen) atoms. The van der Waals surface area contributed by atoms with Gasteiger partial charge in [-0.25, -0.2) is 4.98 Å². The lowest BCUT2D eigenvalue weighted by Crippen LogP contribution is -2.39. The van der Waals surface area contributed by atoms with Gasteiger partial charge in [0, 0.05) is 43.7 Å². The maximum Gasteiger partial charge on any atom is 0.242 e. The number of carbonyl (C=O) groups excluding carboxylic acids is 2. The van der Waals surface area contributed by atoms with Crippen LogP contribution in [-0.4, -0.2) is 59.1 Å². The Labute approximate surface area is 218 Å². The summed E-state index contributed by atoms with van der Waals surface area (Å²) < 4.78 is 13.4. The third kappa shape index (κ3) is 5.29. The van der Waals surface area contributed by atoms with Gasteiger partial charge < -0.3 is 23.8 Å². The highest BCUT2D eigenvalue weighted by Crippen LogP contribution is 2.38. The molecule has 8 nitrogen and oxygen atoms in total. The summed E-state index contributed by atoms with van der Waals surface area (Å²) in [6.07, 6.45) is 0.341. The molecule has 2 aliphatic rings. The second kappa shape index (κ2) is 10.4. The Morgan fingerprint density at radius 2 is 1.73 bits per heavy atom. The molecule has 1 saturated heterocycles. The molecule has 2 aromatic carbocycles. The van der Waals surface area contributed by atoms with Crippen LogP contribution in [0, 0.1) is 11.8 Å². The van der Waals surface area contributed by atoms with Crippen molar-refractivity contribution < 1.29 is 19.1 Å². The number of anilines is 1. The molecule has 0 spiro atoms. The van der Waals surface area contributed by atoms with E-state index in [4.69, 9.17) is 14.5 Å². The van der Waals surface area contributed by atoms with Gasteiger partial charge in [-0.15, -0.1) is 0 Å². The Kier molecular flexibility index (Phi) is 7.09. The molecule has 2 aliphatic heterocycles. The number of aromatic nitrogens is 2. The summed E-state index contributed by atoms with van der Waals surface area (Å²) in [6, 6.07) is 13.5. The highest BCUT2D eigenvalue weighted by atomic mass is 16.6. The standard InChI is InChI=1S/C29H36N4O4/c1-19(2)15-31(16-20(3)4)28(35)18-33-24-8-6-5-7-23(24)30-29(33)21-13-27(34)32(17-21)22-9-10-25-26(14-22)37-12-11-36-25/h5-10,14,19-21H,11-13,15-18H2,1-4H3. The van der Waals surface area contributed by atoms with E-state index in [1.165, 1.54) is 0 Å². The molecule has 2 amide bonds. The zero-order valence-corrected chi connectivity index (χ0v) is 22.1. The Morgan fingerprint density at radius 3 is 2.46 bits per heavy atom. The average Bonchev–Trinajstić information content (AvgIpc) is 3.43. The molecule has 0 radical (unpaired) electrons. The third-order valence-corrected chi connectivity index (χ3v) is 6.83. The van der Waals surface area contributed by atoms with Gasteiger partial charge in [0.2, 0.25) is 11.8 Å². The monoisotopic (exact) mass is 504 g/mol. The molecule has 3 aromatic rings. The lowest BCUT2D eigenvalue weighted by Gasteiger charge is -2.27. The first-order valence-electron chi connectivity index (χ1n) is 13.2. The van der Waals surface area contributed by atoms with Crippen LogP contribution in [-0.2, 0) is 16.1 Å². The van der Waals surface area contributed by atoms with E-state index in [0.29, 0.717) is 49.5 Å². The van der Waals surface area contributed by atoms with Crippen molar-refractivity contribution in [3.8, 4) is 11.5 Å². The van der Waals surface area contributed by atoms with Gasteiger partial charge in [-0.2, -0.15) is 0 Å². The Morgan fingerprint density at radius 1 is 1.03 bits per heavy atom. The minimum atomic E-state index is -0.121. The molecular weight excluding hydrogens is 468 g/mol. The molecule has 196 valence electrons. The SMILES string of the molecule is CC(C)CN(CC(C)C)C(=O)Cn1c(C2CC(=O)N(c3ccc4c(c3)OCCO4)C2)nc2ccccc21. The molecule has 8 heteroatoms. The first-order valence-corrected chi connectivity index (χ1v) is 13.2. The van der Waals surface area contributed by atoms with Crippen molar-refractivity contribution >= 4 is 28.5 Å². The van der Waals surface area contributed by atoms with Gasteiger partial charge in [0.25, 0.3) is 0 Å². The van der Waals surface area contributed by atoms with Crippen molar-refractivity contribution in [1.82, 2.24) is 14.5 Å². The fourth-order valence-electron chi connectivity index (χ4n) is 5.30. The van der Waals surface area contributed by atoms with E-state index >= 15 is 0 Å². The Balaban J connectivity index is 1.43. The number of hydrogen-bond acceptors (Lipinski definition) is 5. The fourth-order valence-corrected chi connectivity index (χ4v) is 5.30. The minimum Gasteiger partial charge on any atom is -0.486 e. The van der Waals surface area contributed by atoms with E-state index < -0.39 is 0 Å². The lowest BCUT2D eigenvalue weighted by atomic mass is 10.1. The molecule has 0 bridgehead atoms. The van der Waals surface area contributed by atoms with E-state index in [2.05, 4.69) is 27.7 Å². The van der Waals surface area contributed by atoms with E-state index in [-0.39, 0.29) is 24.3 Å². The highest BCUT2D eigenvalue weighted by molar-refractivity contribution is 5.97. The van der Waals surface area contributed by atoms with Crippen LogP contribution >= 0.6 is 0 Å². The third-order valence-electron chi connectivity index (χ3n) is 6.83. The van der Waals surface area contributed by atoms with Crippen molar-refractivity contribution in [2.75, 3.05) is 37.7 Å². The van der Waals surface area contributed by atoms with Crippen molar-refractivity contribution in [3.63, 3.8) is 0 Å². The molecule has 0 saturated carbocycles. The lowest BCUT2D eigenvalue weighted by molar-refractivity contribution is -0.132. The number of nitrogens with zero attached hydrogens (tertiary/aromatic N) is 4. The smallest absolute Gasteiger partial charge is 0.242 e. The Bertz CT molecular complexity index is 1290. The van der Waals surface area contributed by atoms with Gasteiger partial charge in [-0.3, -0.25) is 9.59 Å². The summed E-state index contributed by atoms with van der Waals surface area (Å²) in [4.78, 5) is 35.4. The van der Waals surface area contributed by atoms with Gasteiger partial charge in [-0.1, -0.05) is 39.8 Å². The van der Waals surface area contributed by atoms with Crippen LogP contribution in [0.1, 0.15) is 45.9 Å². The number of carbonyl (C=O) groups is 2. The second-order valence-electron chi connectivity index (χ2n) is 10.9. The Hall–Kier alpha value is -3.55. The highest BCUT2D eigenvalue weighted by Gasteiger charge is 2.36. The van der Waals surface area contributed by atoms with E-state index in [1.807, 2.05) is 51.9 Å². The number of benzene rings is 2. The molecule has 1 atom stereocenters. The first kappa shape index (κ1) is 25.1. The predicted octanol–water partition coefficient (Wildman–Crippen LogP) is 4.47. The molecule has 0 aliphatic carbocycles. The van der Waals surface area contributed by atoms with Crippen LogP contribution < -0.4 is 14.4 Å². The van der Waals surface area contributed by atoms with Crippen LogP contribution in [0.5, 0.6) is 11.5 Å². The molecule has 1 aromatic heterocycles. The summed E-state index contributed by atoms with van der Waals surface area (Å²) in [6.45, 7) is 11.7. The van der Waals surface area contributed by atoms with E-state index in [1.54, 1.807) is 4.90 Å². The number of ether oxygens (including phenoxy) is 2. The minimum absolute atomic E-state index is 0.0350. The maximum atomic E-state index is 13.6. The summed E-state index contributed by atoms with van der Waals surface area (Å²) in [5.41, 5.74) is 2.55. The number of imidazole rings is 1. The van der Waals surface area contributed by atoms with Crippen molar-refractivity contribution in [2.24, 2.45) is 11.8 Å². The van der Waals surface area contributed by atoms with Gasteiger partial charge in [-0.05, 0) is 36.1 Å². The second-order valence-corrected chi connectivity index (χ2v) is 10.9. The maximum absolute atomic E-state index is 13.6. The van der Waals surface area contributed by atoms with Crippen LogP contribution in [0.4, 0.5) is 5.69 Å². The predicted molar refractivity (Wildman–Crippen MR) is 143 cm³/mol. The quantitative estimate of drug-likeness (QED) is 0.452. The largest absolute Gasteiger partial charge is 0.486 e. The number of rotatable bonds is 8. The molecule has 1 fully saturated rings. The molecule has 5 rings (SSSR count). The van der Waals surface area contributed by atoms with Gasteiger partial charge in [0.1, 0.15) is 25.6 Å². The van der Waals surface area contributed by atoms with Gasteiger partial charge in [0.15, 0.2) is 11.5 Å². The molecular formula is C29H36N4O4. The molecule has 1 unspecified atom stereocenters. The van der Waals surface area contributed by atoms with Crippen molar-refractivity contribution in [3.05, 3.63) is 48.3 Å². The van der Waals surface area contributed by atoms with Gasteiger partial charge >= 0.3 is 0 Å². The fraction of sp³-hybridized carbons (Fsp3) is 0.483. The van der Waals surface area contributed by atoms with Gasteiger partial charge in [0.05, 0.1) is 11.0 Å². The van der Waals surface area contributed by atoms with Crippen LogP contribution in [0.2, 0.25) is 0 Å². The van der Waals surface area contributed by atoms with Crippen molar-refractivity contribution in [1.29, 1.82) is 0 Å². The zero-order valence-electron chi connectivity index (χ0n) is 22.1. The van der Waals surface area contributed by atoms with Crippen molar-refractivity contribution in [2.45, 2.75) is 46.6 Å². The van der Waals surface area contributed by atoms with Crippen LogP contribution in [0.25, 0.3) is 11.0 Å². The molecule has 3 heterocycles. The summed E-state index contributed by atoms with van der Waals surface area (Å²) >= 11 is 0. The van der Waals surface area contributed by atoms with Crippen LogP contribution in [0.15, 0.2) is 42.5 Å². The topological polar surface area (TPSA) is 76.9 Å². The number of para-hydroxylation sites is 2. The average molecular weight is 505 g/mol. The number of hydrogen-bond donors (Lipinski definition) is 0. The number of amides is 2.